The van der Waals surface area contributed by atoms with Gasteiger partial charge in [0.1, 0.15) is 0 Å². The first-order valence-corrected chi connectivity index (χ1v) is 7.90. The van der Waals surface area contributed by atoms with Crippen LogP contribution in [-0.2, 0) is 33.5 Å². The lowest BCUT2D eigenvalue weighted by atomic mass is 10.2. The Balaban J connectivity index is 1.48. The van der Waals surface area contributed by atoms with Crippen molar-refractivity contribution in [3.63, 3.8) is 0 Å². The zero-order valence-electron chi connectivity index (χ0n) is 14.2. The summed E-state index contributed by atoms with van der Waals surface area (Å²) in [5.41, 5.74) is 0.342. The van der Waals surface area contributed by atoms with Crippen molar-refractivity contribution in [2.24, 2.45) is 0 Å². The van der Waals surface area contributed by atoms with Gasteiger partial charge >= 0.3 is 12.1 Å². The molecule has 11 nitrogen and oxygen atoms in total. The largest absolute Gasteiger partial charge is 0.536 e. The van der Waals surface area contributed by atoms with Crippen LogP contribution in [0.3, 0.4) is 0 Å². The molecular weight excluding hydrogens is 376 g/mol. The van der Waals surface area contributed by atoms with Crippen LogP contribution < -0.4 is 4.90 Å². The number of ether oxygens (including phenoxy) is 2. The van der Waals surface area contributed by atoms with E-state index in [9.17, 15) is 28.8 Å². The monoisotopic (exact) mass is 388 g/mol. The maximum absolute atomic E-state index is 11.9. The summed E-state index contributed by atoms with van der Waals surface area (Å²) in [6, 6.07) is 5.38. The lowest BCUT2D eigenvalue weighted by Gasteiger charge is -2.14. The molecule has 11 heteroatoms. The van der Waals surface area contributed by atoms with E-state index in [2.05, 4.69) is 9.57 Å². The van der Waals surface area contributed by atoms with Crippen molar-refractivity contribution in [2.75, 3.05) is 11.7 Å². The van der Waals surface area contributed by atoms with Gasteiger partial charge in [-0.25, -0.2) is 14.5 Å². The second-order valence-corrected chi connectivity index (χ2v) is 5.51. The SMILES string of the molecule is O=C(OCOC(=O)c1ccc(N2C(=O)C=CC2=O)cc1)ON1C(=O)CCC1=O. The highest BCUT2D eigenvalue weighted by Gasteiger charge is 2.33. The number of esters is 1. The highest BCUT2D eigenvalue weighted by molar-refractivity contribution is 6.28. The summed E-state index contributed by atoms with van der Waals surface area (Å²) in [4.78, 5) is 74.4. The number of benzene rings is 1. The van der Waals surface area contributed by atoms with Gasteiger partial charge in [-0.3, -0.25) is 24.0 Å². The Labute approximate surface area is 157 Å². The van der Waals surface area contributed by atoms with Gasteiger partial charge in [0.2, 0.25) is 6.79 Å². The van der Waals surface area contributed by atoms with Gasteiger partial charge in [-0.1, -0.05) is 5.06 Å². The van der Waals surface area contributed by atoms with Crippen molar-refractivity contribution in [1.29, 1.82) is 0 Å². The van der Waals surface area contributed by atoms with Gasteiger partial charge in [-0.05, 0) is 24.3 Å². The Hall–Kier alpha value is -4.02. The van der Waals surface area contributed by atoms with Crippen molar-refractivity contribution in [1.82, 2.24) is 5.06 Å². The molecule has 2 aliphatic heterocycles. The van der Waals surface area contributed by atoms with Gasteiger partial charge in [-0.2, -0.15) is 0 Å². The summed E-state index contributed by atoms with van der Waals surface area (Å²) in [6.45, 7) is -0.817. The van der Waals surface area contributed by atoms with Crippen LogP contribution in [-0.4, -0.2) is 47.6 Å². The van der Waals surface area contributed by atoms with Crippen molar-refractivity contribution in [2.45, 2.75) is 12.8 Å². The molecule has 0 radical (unpaired) electrons. The molecule has 3 rings (SSSR count). The summed E-state index contributed by atoms with van der Waals surface area (Å²) in [5, 5.41) is 0.290. The first-order chi connectivity index (χ1) is 13.4. The number of imide groups is 2. The molecule has 0 unspecified atom stereocenters. The number of rotatable bonds is 5. The van der Waals surface area contributed by atoms with E-state index in [0.717, 1.165) is 17.1 Å². The molecule has 1 aromatic rings. The average molecular weight is 388 g/mol. The third kappa shape index (κ3) is 3.87. The minimum atomic E-state index is -1.38. The van der Waals surface area contributed by atoms with Gasteiger partial charge in [0.15, 0.2) is 0 Å². The number of carbonyl (C=O) groups excluding carboxylic acids is 6. The summed E-state index contributed by atoms with van der Waals surface area (Å²) < 4.78 is 9.18. The van der Waals surface area contributed by atoms with Crippen LogP contribution >= 0.6 is 0 Å². The van der Waals surface area contributed by atoms with Gasteiger partial charge in [0.05, 0.1) is 11.3 Å². The first-order valence-electron chi connectivity index (χ1n) is 7.90. The molecule has 2 aliphatic rings. The van der Waals surface area contributed by atoms with E-state index >= 15 is 0 Å². The van der Waals surface area contributed by atoms with Crippen LogP contribution in [0, 0.1) is 0 Å². The highest BCUT2D eigenvalue weighted by atomic mass is 16.9. The van der Waals surface area contributed by atoms with Crippen molar-refractivity contribution < 1.29 is 43.1 Å². The van der Waals surface area contributed by atoms with Crippen LogP contribution in [0.25, 0.3) is 0 Å². The molecule has 144 valence electrons. The van der Waals surface area contributed by atoms with E-state index in [1.807, 2.05) is 0 Å². The molecule has 0 spiro atoms. The molecule has 28 heavy (non-hydrogen) atoms. The van der Waals surface area contributed by atoms with E-state index in [1.54, 1.807) is 0 Å². The normalized spacial score (nSPS) is 16.0. The number of hydrogen-bond acceptors (Lipinski definition) is 9. The van der Waals surface area contributed by atoms with E-state index < -0.39 is 42.5 Å². The molecule has 0 aromatic heterocycles. The topological polar surface area (TPSA) is 137 Å². The number of nitrogens with zero attached hydrogens (tertiary/aromatic N) is 2. The molecule has 2 heterocycles. The zero-order valence-corrected chi connectivity index (χ0v) is 14.2. The van der Waals surface area contributed by atoms with Crippen LogP contribution in [0.2, 0.25) is 0 Å². The molecule has 1 aromatic carbocycles. The molecule has 0 bridgehead atoms. The van der Waals surface area contributed by atoms with Crippen LogP contribution in [0.15, 0.2) is 36.4 Å². The lowest BCUT2D eigenvalue weighted by molar-refractivity contribution is -0.179. The number of hydrogen-bond donors (Lipinski definition) is 0. The first kappa shape index (κ1) is 18.8. The van der Waals surface area contributed by atoms with Crippen LogP contribution in [0.5, 0.6) is 0 Å². The second-order valence-electron chi connectivity index (χ2n) is 5.51. The highest BCUT2D eigenvalue weighted by Crippen LogP contribution is 2.20. The summed E-state index contributed by atoms with van der Waals surface area (Å²) in [6.07, 6.45) is 0.739. The van der Waals surface area contributed by atoms with Crippen molar-refractivity contribution in [3.05, 3.63) is 42.0 Å². The average Bonchev–Trinajstić information content (AvgIpc) is 3.17. The third-order valence-corrected chi connectivity index (χ3v) is 3.71. The fourth-order valence-electron chi connectivity index (χ4n) is 2.37. The van der Waals surface area contributed by atoms with E-state index in [1.165, 1.54) is 24.3 Å². The number of amides is 4. The maximum atomic E-state index is 11.9. The second kappa shape index (κ2) is 7.70. The Morgan fingerprint density at radius 3 is 2.00 bits per heavy atom. The summed E-state index contributed by atoms with van der Waals surface area (Å²) >= 11 is 0. The third-order valence-electron chi connectivity index (χ3n) is 3.71. The van der Waals surface area contributed by atoms with Crippen LogP contribution in [0.4, 0.5) is 10.5 Å². The van der Waals surface area contributed by atoms with Gasteiger partial charge in [0, 0.05) is 25.0 Å². The maximum Gasteiger partial charge on any atom is 0.536 e. The van der Waals surface area contributed by atoms with E-state index in [4.69, 9.17) is 4.74 Å². The Morgan fingerprint density at radius 2 is 1.43 bits per heavy atom. The zero-order chi connectivity index (χ0) is 20.3. The Bertz CT molecular complexity index is 870. The molecule has 0 aliphatic carbocycles. The van der Waals surface area contributed by atoms with E-state index in [0.29, 0.717) is 5.06 Å². The molecule has 1 fully saturated rings. The molecule has 1 saturated heterocycles. The van der Waals surface area contributed by atoms with Gasteiger partial charge in [0.25, 0.3) is 23.6 Å². The Kier molecular flexibility index (Phi) is 5.16. The Morgan fingerprint density at radius 1 is 0.857 bits per heavy atom. The minimum Gasteiger partial charge on any atom is -0.424 e. The number of hydroxylamine groups is 2. The van der Waals surface area contributed by atoms with Crippen molar-refractivity contribution in [3.8, 4) is 0 Å². The summed E-state index contributed by atoms with van der Waals surface area (Å²) in [5.74, 6) is -3.21. The van der Waals surface area contributed by atoms with Gasteiger partial charge < -0.3 is 9.47 Å². The smallest absolute Gasteiger partial charge is 0.424 e. The quantitative estimate of drug-likeness (QED) is 0.400. The number of anilines is 1. The fraction of sp³-hybridized carbons (Fsp3) is 0.176. The van der Waals surface area contributed by atoms with Crippen molar-refractivity contribution >= 4 is 41.4 Å². The van der Waals surface area contributed by atoms with E-state index in [-0.39, 0.29) is 24.1 Å². The molecule has 4 amide bonds. The predicted octanol–water partition coefficient (Wildman–Crippen LogP) is 0.447. The number of carbonyl (C=O) groups is 6. The molecular formula is C17H12N2O9. The fourth-order valence-corrected chi connectivity index (χ4v) is 2.37. The molecule has 0 saturated carbocycles. The predicted molar refractivity (Wildman–Crippen MR) is 87.0 cm³/mol. The minimum absolute atomic E-state index is 0.0673. The lowest BCUT2D eigenvalue weighted by Crippen LogP contribution is -2.32. The standard InChI is InChI=1S/C17H12N2O9/c20-12-5-6-13(21)18(12)11-3-1-10(2-4-11)16(24)26-9-27-17(25)28-19-14(22)7-8-15(19)23/h1-6H,7-9H2. The summed E-state index contributed by atoms with van der Waals surface area (Å²) in [7, 11) is 0. The molecule has 0 atom stereocenters. The molecule has 0 N–H and O–H groups in total. The van der Waals surface area contributed by atoms with Crippen LogP contribution in [0.1, 0.15) is 23.2 Å². The van der Waals surface area contributed by atoms with Gasteiger partial charge in [-0.15, -0.1) is 0 Å².